The summed E-state index contributed by atoms with van der Waals surface area (Å²) in [5, 5.41) is 5.02. The average molecular weight is 422 g/mol. The number of alkyl halides is 2. The van der Waals surface area contributed by atoms with E-state index in [9.17, 15) is 30.7 Å². The molecule has 0 saturated carbocycles. The van der Waals surface area contributed by atoms with Crippen LogP contribution in [0.3, 0.4) is 0 Å². The topological polar surface area (TPSA) is 43.6 Å². The van der Waals surface area contributed by atoms with Gasteiger partial charge in [-0.05, 0) is 53.2 Å². The molecule has 0 aliphatic carbocycles. The molecular formula is C16H9F7N4S. The van der Waals surface area contributed by atoms with Crippen molar-refractivity contribution in [3.05, 3.63) is 64.0 Å². The van der Waals surface area contributed by atoms with E-state index in [-0.39, 0.29) is 0 Å². The number of tetrazole rings is 1. The van der Waals surface area contributed by atoms with E-state index in [0.29, 0.717) is 11.3 Å². The minimum atomic E-state index is -4.56. The van der Waals surface area contributed by atoms with Crippen molar-refractivity contribution in [2.24, 2.45) is 0 Å². The van der Waals surface area contributed by atoms with Crippen molar-refractivity contribution in [1.82, 2.24) is 20.2 Å². The van der Waals surface area contributed by atoms with Crippen molar-refractivity contribution in [3.8, 4) is 5.69 Å². The molecule has 0 spiro atoms. The zero-order valence-electron chi connectivity index (χ0n) is 14.1. The molecule has 1 aromatic heterocycles. The second-order valence-corrected chi connectivity index (χ2v) is 6.81. The van der Waals surface area contributed by atoms with Crippen LogP contribution in [0, 0.1) is 42.9 Å². The minimum absolute atomic E-state index is 0.306. The Hall–Kier alpha value is -2.63. The molecule has 0 saturated heterocycles. The number of benzene rings is 2. The molecule has 0 unspecified atom stereocenters. The van der Waals surface area contributed by atoms with E-state index in [1.807, 2.05) is 0 Å². The van der Waals surface area contributed by atoms with Crippen LogP contribution in [-0.2, 0) is 5.25 Å². The zero-order valence-corrected chi connectivity index (χ0v) is 14.9. The number of aromatic nitrogens is 4. The Bertz CT molecular complexity index is 1040. The van der Waals surface area contributed by atoms with Crippen LogP contribution >= 0.6 is 11.8 Å². The molecule has 2 aromatic carbocycles. The van der Waals surface area contributed by atoms with Crippen LogP contribution in [0.2, 0.25) is 0 Å². The van der Waals surface area contributed by atoms with Gasteiger partial charge in [0.25, 0.3) is 0 Å². The van der Waals surface area contributed by atoms with Crippen molar-refractivity contribution in [1.29, 1.82) is 0 Å². The van der Waals surface area contributed by atoms with Crippen molar-refractivity contribution < 1.29 is 30.7 Å². The zero-order chi connectivity index (χ0) is 20.8. The first-order valence-corrected chi connectivity index (χ1v) is 8.31. The quantitative estimate of drug-likeness (QED) is 0.262. The van der Waals surface area contributed by atoms with E-state index in [0.717, 1.165) is 10.2 Å². The molecular weight excluding hydrogens is 413 g/mol. The molecule has 0 radical (unpaired) electrons. The van der Waals surface area contributed by atoms with Gasteiger partial charge in [-0.25, -0.2) is 22.0 Å². The van der Waals surface area contributed by atoms with Gasteiger partial charge < -0.3 is 0 Å². The van der Waals surface area contributed by atoms with Crippen molar-refractivity contribution in [3.63, 3.8) is 0 Å². The number of hydrogen-bond donors (Lipinski definition) is 0. The molecule has 0 aliphatic heterocycles. The summed E-state index contributed by atoms with van der Waals surface area (Å²) in [6.45, 7) is 3.37. The maximum Gasteiger partial charge on any atom is 0.332 e. The van der Waals surface area contributed by atoms with E-state index < -0.39 is 56.8 Å². The Morgan fingerprint density at radius 1 is 0.893 bits per heavy atom. The summed E-state index contributed by atoms with van der Waals surface area (Å²) >= 11 is -0.549. The Morgan fingerprint density at radius 3 is 2.07 bits per heavy atom. The summed E-state index contributed by atoms with van der Waals surface area (Å²) in [6.07, 6.45) is 0. The summed E-state index contributed by atoms with van der Waals surface area (Å²) in [5.41, 5.74) is -0.622. The van der Waals surface area contributed by atoms with Gasteiger partial charge in [0.1, 0.15) is 5.56 Å². The molecule has 3 rings (SSSR count). The lowest BCUT2D eigenvalue weighted by molar-refractivity contribution is 0.0919. The SMILES string of the molecule is Cc1ccc(C)c(-n2nnnc2SC(F)(F)c2c(F)c(F)c(F)c(F)c2F)c1. The smallest absolute Gasteiger partial charge is 0.203 e. The number of halogens is 7. The highest BCUT2D eigenvalue weighted by atomic mass is 32.2. The van der Waals surface area contributed by atoms with Crippen LogP contribution in [0.5, 0.6) is 0 Å². The predicted molar refractivity (Wildman–Crippen MR) is 84.6 cm³/mol. The number of nitrogens with zero attached hydrogens (tertiary/aromatic N) is 4. The summed E-state index contributed by atoms with van der Waals surface area (Å²) < 4.78 is 97.2. The molecule has 0 N–H and O–H groups in total. The lowest BCUT2D eigenvalue weighted by atomic mass is 10.1. The molecule has 3 aromatic rings. The highest BCUT2D eigenvalue weighted by Gasteiger charge is 2.45. The van der Waals surface area contributed by atoms with Crippen LogP contribution in [0.25, 0.3) is 5.69 Å². The first kappa shape index (κ1) is 20.1. The first-order valence-electron chi connectivity index (χ1n) is 7.49. The standard InChI is InChI=1S/C16H9F7N4S/c1-6-3-4-7(2)8(5-6)27-15(24-25-26-27)28-16(22,23)9-10(17)12(19)14(21)13(20)11(9)18/h3-5H,1-2H3. The molecule has 0 atom stereocenters. The van der Waals surface area contributed by atoms with Crippen LogP contribution in [-0.4, -0.2) is 20.2 Å². The molecule has 12 heteroatoms. The lowest BCUT2D eigenvalue weighted by Crippen LogP contribution is -2.19. The van der Waals surface area contributed by atoms with Crippen molar-refractivity contribution >= 4 is 11.8 Å². The lowest BCUT2D eigenvalue weighted by Gasteiger charge is -2.18. The van der Waals surface area contributed by atoms with Gasteiger partial charge in [-0.2, -0.15) is 13.5 Å². The summed E-state index contributed by atoms with van der Waals surface area (Å²) in [5.74, 6) is -12.7. The van der Waals surface area contributed by atoms with Crippen LogP contribution in [0.15, 0.2) is 23.4 Å². The molecule has 1 heterocycles. The second-order valence-electron chi connectivity index (χ2n) is 5.73. The number of thioether (sulfide) groups is 1. The number of rotatable bonds is 4. The summed E-state index contributed by atoms with van der Waals surface area (Å²) in [4.78, 5) is 0. The Labute approximate surface area is 157 Å². The second kappa shape index (κ2) is 7.08. The van der Waals surface area contributed by atoms with Gasteiger partial charge in [0.05, 0.1) is 5.69 Å². The molecule has 28 heavy (non-hydrogen) atoms. The fraction of sp³-hybridized carbons (Fsp3) is 0.188. The highest BCUT2D eigenvalue weighted by molar-refractivity contribution is 7.99. The van der Waals surface area contributed by atoms with Crippen molar-refractivity contribution in [2.75, 3.05) is 0 Å². The number of hydrogen-bond acceptors (Lipinski definition) is 4. The third-order valence-electron chi connectivity index (χ3n) is 3.75. The molecule has 0 bridgehead atoms. The third kappa shape index (κ3) is 3.32. The van der Waals surface area contributed by atoms with E-state index in [1.54, 1.807) is 32.0 Å². The summed E-state index contributed by atoms with van der Waals surface area (Å²) in [7, 11) is 0. The van der Waals surface area contributed by atoms with Crippen molar-refractivity contribution in [2.45, 2.75) is 24.3 Å². The maximum absolute atomic E-state index is 14.5. The predicted octanol–water partition coefficient (Wildman–Crippen LogP) is 4.82. The first-order chi connectivity index (χ1) is 13.0. The van der Waals surface area contributed by atoms with Crippen LogP contribution in [0.4, 0.5) is 30.7 Å². The Morgan fingerprint density at radius 2 is 1.46 bits per heavy atom. The summed E-state index contributed by atoms with van der Waals surface area (Å²) in [6, 6.07) is 4.99. The van der Waals surface area contributed by atoms with Gasteiger partial charge >= 0.3 is 5.25 Å². The monoisotopic (exact) mass is 422 g/mol. The van der Waals surface area contributed by atoms with Gasteiger partial charge in [-0.1, -0.05) is 12.1 Å². The van der Waals surface area contributed by atoms with Gasteiger partial charge in [-0.3, -0.25) is 0 Å². The van der Waals surface area contributed by atoms with Crippen LogP contribution in [0.1, 0.15) is 16.7 Å². The van der Waals surface area contributed by atoms with E-state index in [2.05, 4.69) is 15.5 Å². The van der Waals surface area contributed by atoms with E-state index in [1.165, 1.54) is 0 Å². The average Bonchev–Trinajstić information content (AvgIpc) is 3.07. The molecule has 0 fully saturated rings. The fourth-order valence-corrected chi connectivity index (χ4v) is 3.18. The maximum atomic E-state index is 14.5. The fourth-order valence-electron chi connectivity index (χ4n) is 2.37. The molecule has 0 amide bonds. The molecule has 4 nitrogen and oxygen atoms in total. The minimum Gasteiger partial charge on any atom is -0.203 e. The normalized spacial score (nSPS) is 11.9. The number of aryl methyl sites for hydroxylation is 2. The van der Waals surface area contributed by atoms with E-state index in [4.69, 9.17) is 0 Å². The van der Waals surface area contributed by atoms with Gasteiger partial charge in [-0.15, -0.1) is 5.10 Å². The highest BCUT2D eigenvalue weighted by Crippen LogP contribution is 2.47. The Balaban J connectivity index is 2.09. The molecule has 148 valence electrons. The Kier molecular flexibility index (Phi) is 5.08. The molecule has 0 aliphatic rings. The van der Waals surface area contributed by atoms with Crippen LogP contribution < -0.4 is 0 Å². The van der Waals surface area contributed by atoms with E-state index >= 15 is 0 Å². The van der Waals surface area contributed by atoms with Gasteiger partial charge in [0.15, 0.2) is 23.3 Å². The third-order valence-corrected chi connectivity index (χ3v) is 4.65. The largest absolute Gasteiger partial charge is 0.332 e. The van der Waals surface area contributed by atoms with Gasteiger partial charge in [0.2, 0.25) is 11.0 Å². The van der Waals surface area contributed by atoms with Gasteiger partial charge in [0, 0.05) is 0 Å².